The minimum atomic E-state index is -0.129. The van der Waals surface area contributed by atoms with Crippen LogP contribution < -0.4 is 10.2 Å². The van der Waals surface area contributed by atoms with Crippen molar-refractivity contribution in [1.29, 1.82) is 0 Å². The summed E-state index contributed by atoms with van der Waals surface area (Å²) < 4.78 is 1.03. The average molecular weight is 388 g/mol. The summed E-state index contributed by atoms with van der Waals surface area (Å²) in [6.45, 7) is 6.33. The number of amides is 1. The number of carbonyl (C=O) groups is 1. The molecule has 1 saturated heterocycles. The van der Waals surface area contributed by atoms with Gasteiger partial charge in [0.1, 0.15) is 0 Å². The molecular formula is C19H22BrN3O. The van der Waals surface area contributed by atoms with Crippen LogP contribution >= 0.6 is 15.9 Å². The Labute approximate surface area is 151 Å². The van der Waals surface area contributed by atoms with Crippen molar-refractivity contribution in [2.24, 2.45) is 5.92 Å². The number of pyridine rings is 1. The van der Waals surface area contributed by atoms with Gasteiger partial charge in [-0.15, -0.1) is 0 Å². The lowest BCUT2D eigenvalue weighted by Gasteiger charge is -2.32. The van der Waals surface area contributed by atoms with Gasteiger partial charge in [0, 0.05) is 29.4 Å². The molecule has 0 bridgehead atoms. The third-order valence-electron chi connectivity index (χ3n) is 4.42. The van der Waals surface area contributed by atoms with E-state index in [2.05, 4.69) is 38.1 Å². The zero-order chi connectivity index (χ0) is 17.1. The van der Waals surface area contributed by atoms with Crippen molar-refractivity contribution in [1.82, 2.24) is 4.98 Å². The van der Waals surface area contributed by atoms with E-state index in [0.717, 1.165) is 34.5 Å². The van der Waals surface area contributed by atoms with Crippen LogP contribution in [0, 0.1) is 12.8 Å². The number of benzene rings is 1. The van der Waals surface area contributed by atoms with E-state index in [1.54, 1.807) is 6.20 Å². The summed E-state index contributed by atoms with van der Waals surface area (Å²) in [4.78, 5) is 19.1. The van der Waals surface area contributed by atoms with Crippen molar-refractivity contribution in [2.45, 2.75) is 26.7 Å². The van der Waals surface area contributed by atoms with E-state index in [-0.39, 0.29) is 5.91 Å². The van der Waals surface area contributed by atoms with Crippen LogP contribution in [0.15, 0.2) is 41.1 Å². The number of piperidine rings is 1. The number of nitrogens with one attached hydrogen (secondary N) is 1. The van der Waals surface area contributed by atoms with Crippen LogP contribution in [0.3, 0.4) is 0 Å². The first kappa shape index (κ1) is 17.0. The quantitative estimate of drug-likeness (QED) is 0.833. The number of anilines is 2. The Bertz CT molecular complexity index is 747. The van der Waals surface area contributed by atoms with E-state index < -0.39 is 0 Å². The minimum Gasteiger partial charge on any atom is -0.370 e. The van der Waals surface area contributed by atoms with Crippen LogP contribution in [0.25, 0.3) is 0 Å². The Morgan fingerprint density at radius 1 is 1.33 bits per heavy atom. The molecule has 2 aromatic rings. The van der Waals surface area contributed by atoms with Gasteiger partial charge in [-0.05, 0) is 55.5 Å². The molecule has 2 heterocycles. The Morgan fingerprint density at radius 3 is 2.92 bits per heavy atom. The van der Waals surface area contributed by atoms with E-state index >= 15 is 0 Å². The summed E-state index contributed by atoms with van der Waals surface area (Å²) in [6.07, 6.45) is 5.93. The van der Waals surface area contributed by atoms with Crippen LogP contribution in [-0.2, 0) is 0 Å². The van der Waals surface area contributed by atoms with Gasteiger partial charge in [-0.3, -0.25) is 9.78 Å². The molecule has 1 aromatic carbocycles. The highest BCUT2D eigenvalue weighted by Gasteiger charge is 2.18. The molecule has 1 N–H and O–H groups in total. The number of nitrogens with zero attached hydrogens (tertiary/aromatic N) is 2. The van der Waals surface area contributed by atoms with E-state index in [9.17, 15) is 4.79 Å². The molecule has 0 saturated carbocycles. The van der Waals surface area contributed by atoms with Crippen molar-refractivity contribution >= 4 is 33.2 Å². The summed E-state index contributed by atoms with van der Waals surface area (Å²) in [7, 11) is 0. The molecule has 3 rings (SSSR count). The summed E-state index contributed by atoms with van der Waals surface area (Å²) in [5.74, 6) is 0.554. The lowest BCUT2D eigenvalue weighted by atomic mass is 10.00. The van der Waals surface area contributed by atoms with Gasteiger partial charge in [0.15, 0.2) is 0 Å². The first-order valence-corrected chi connectivity index (χ1v) is 9.10. The predicted molar refractivity (Wildman–Crippen MR) is 102 cm³/mol. The molecule has 24 heavy (non-hydrogen) atoms. The Kier molecular flexibility index (Phi) is 5.19. The van der Waals surface area contributed by atoms with Gasteiger partial charge in [-0.25, -0.2) is 0 Å². The van der Waals surface area contributed by atoms with Crippen LogP contribution in [-0.4, -0.2) is 24.0 Å². The maximum atomic E-state index is 12.5. The molecule has 1 fully saturated rings. The molecule has 1 amide bonds. The fourth-order valence-electron chi connectivity index (χ4n) is 3.07. The lowest BCUT2D eigenvalue weighted by molar-refractivity contribution is 0.102. The fourth-order valence-corrected chi connectivity index (χ4v) is 3.32. The first-order valence-electron chi connectivity index (χ1n) is 8.30. The SMILES string of the molecule is Cc1cc(NC(=O)c2cncc(N3CCCC(C)C3)c2)ccc1Br. The van der Waals surface area contributed by atoms with E-state index in [0.29, 0.717) is 11.5 Å². The Morgan fingerprint density at radius 2 is 2.17 bits per heavy atom. The smallest absolute Gasteiger partial charge is 0.257 e. The minimum absolute atomic E-state index is 0.129. The molecule has 4 nitrogen and oxygen atoms in total. The first-order chi connectivity index (χ1) is 11.5. The maximum absolute atomic E-state index is 12.5. The molecule has 1 aliphatic heterocycles. The van der Waals surface area contributed by atoms with Crippen LogP contribution in [0.1, 0.15) is 35.7 Å². The highest BCUT2D eigenvalue weighted by atomic mass is 79.9. The number of aryl methyl sites for hydroxylation is 1. The van der Waals surface area contributed by atoms with Crippen molar-refractivity contribution < 1.29 is 4.79 Å². The van der Waals surface area contributed by atoms with E-state index in [4.69, 9.17) is 0 Å². The molecule has 1 aromatic heterocycles. The van der Waals surface area contributed by atoms with Gasteiger partial charge in [0.25, 0.3) is 5.91 Å². The summed E-state index contributed by atoms with van der Waals surface area (Å²) in [6, 6.07) is 7.71. The number of halogens is 1. The Hall–Kier alpha value is -1.88. The van der Waals surface area contributed by atoms with Crippen LogP contribution in [0.4, 0.5) is 11.4 Å². The highest BCUT2D eigenvalue weighted by molar-refractivity contribution is 9.10. The third kappa shape index (κ3) is 3.96. The second kappa shape index (κ2) is 7.34. The van der Waals surface area contributed by atoms with Gasteiger partial charge >= 0.3 is 0 Å². The molecule has 0 aliphatic carbocycles. The van der Waals surface area contributed by atoms with Crippen molar-refractivity contribution in [2.75, 3.05) is 23.3 Å². The predicted octanol–water partition coefficient (Wildman–Crippen LogP) is 4.64. The van der Waals surface area contributed by atoms with Crippen molar-refractivity contribution in [3.8, 4) is 0 Å². The fraction of sp³-hybridized carbons (Fsp3) is 0.368. The molecule has 0 radical (unpaired) electrons. The van der Waals surface area contributed by atoms with Crippen molar-refractivity contribution in [3.05, 3.63) is 52.3 Å². The van der Waals surface area contributed by atoms with E-state index in [1.807, 2.05) is 37.4 Å². The largest absolute Gasteiger partial charge is 0.370 e. The van der Waals surface area contributed by atoms with Gasteiger partial charge in [-0.1, -0.05) is 22.9 Å². The Balaban J connectivity index is 1.75. The number of carbonyl (C=O) groups excluding carboxylic acids is 1. The third-order valence-corrected chi connectivity index (χ3v) is 5.31. The summed E-state index contributed by atoms with van der Waals surface area (Å²) in [5.41, 5.74) is 3.49. The number of hydrogen-bond donors (Lipinski definition) is 1. The second-order valence-corrected chi connectivity index (χ2v) is 7.40. The van der Waals surface area contributed by atoms with Crippen LogP contribution in [0.5, 0.6) is 0 Å². The van der Waals surface area contributed by atoms with Gasteiger partial charge in [0.2, 0.25) is 0 Å². The number of aromatic nitrogens is 1. The zero-order valence-electron chi connectivity index (χ0n) is 14.1. The number of hydrogen-bond acceptors (Lipinski definition) is 3. The summed E-state index contributed by atoms with van der Waals surface area (Å²) in [5, 5.41) is 2.95. The molecule has 5 heteroatoms. The normalized spacial score (nSPS) is 17.6. The highest BCUT2D eigenvalue weighted by Crippen LogP contribution is 2.24. The molecule has 1 atom stereocenters. The van der Waals surface area contributed by atoms with Crippen molar-refractivity contribution in [3.63, 3.8) is 0 Å². The van der Waals surface area contributed by atoms with Crippen LogP contribution in [0.2, 0.25) is 0 Å². The van der Waals surface area contributed by atoms with Gasteiger partial charge in [0.05, 0.1) is 17.4 Å². The van der Waals surface area contributed by atoms with E-state index in [1.165, 1.54) is 12.8 Å². The van der Waals surface area contributed by atoms with Gasteiger partial charge < -0.3 is 10.2 Å². The van der Waals surface area contributed by atoms with Gasteiger partial charge in [-0.2, -0.15) is 0 Å². The maximum Gasteiger partial charge on any atom is 0.257 e. The molecule has 0 spiro atoms. The topological polar surface area (TPSA) is 45.2 Å². The zero-order valence-corrected chi connectivity index (χ0v) is 15.6. The molecule has 126 valence electrons. The molecule has 1 aliphatic rings. The average Bonchev–Trinajstić information content (AvgIpc) is 2.58. The lowest BCUT2D eigenvalue weighted by Crippen LogP contribution is -2.34. The monoisotopic (exact) mass is 387 g/mol. The molecular weight excluding hydrogens is 366 g/mol. The molecule has 1 unspecified atom stereocenters. The summed E-state index contributed by atoms with van der Waals surface area (Å²) >= 11 is 3.47. The standard InChI is InChI=1S/C19H22BrN3O/c1-13-4-3-7-23(12-13)17-9-15(10-21-11-17)19(24)22-16-5-6-18(20)14(2)8-16/h5-6,8-11,13H,3-4,7,12H2,1-2H3,(H,22,24). The number of rotatable bonds is 3. The second-order valence-electron chi connectivity index (χ2n) is 6.54.